The van der Waals surface area contributed by atoms with Gasteiger partial charge in [-0.2, -0.15) is 4.31 Å². The van der Waals surface area contributed by atoms with Gasteiger partial charge in [-0.3, -0.25) is 4.79 Å². The molecule has 0 aliphatic carbocycles. The molecule has 1 saturated heterocycles. The predicted octanol–water partition coefficient (Wildman–Crippen LogP) is 4.15. The zero-order valence-electron chi connectivity index (χ0n) is 17.9. The van der Waals surface area contributed by atoms with E-state index in [-0.39, 0.29) is 23.9 Å². The maximum atomic E-state index is 13.4. The summed E-state index contributed by atoms with van der Waals surface area (Å²) < 4.78 is 32.9. The molecule has 2 heterocycles. The molecule has 0 bridgehead atoms. The summed E-state index contributed by atoms with van der Waals surface area (Å²) in [6.45, 7) is 4.87. The number of benzene rings is 2. The molecule has 0 radical (unpaired) electrons. The van der Waals surface area contributed by atoms with Crippen molar-refractivity contribution in [1.29, 1.82) is 0 Å². The average Bonchev–Trinajstić information content (AvgIpc) is 2.98. The first-order valence-electron chi connectivity index (χ1n) is 10.4. The molecule has 2 aromatic carbocycles. The monoisotopic (exact) mass is 473 g/mol. The van der Waals surface area contributed by atoms with Crippen LogP contribution < -0.4 is 0 Å². The highest BCUT2D eigenvalue weighted by atomic mass is 35.5. The van der Waals surface area contributed by atoms with E-state index in [9.17, 15) is 13.2 Å². The van der Waals surface area contributed by atoms with Gasteiger partial charge < -0.3 is 9.42 Å². The van der Waals surface area contributed by atoms with Gasteiger partial charge in [-0.25, -0.2) is 8.42 Å². The van der Waals surface area contributed by atoms with Gasteiger partial charge in [0.25, 0.3) is 5.91 Å². The number of carbonyl (C=O) groups is 1. The molecule has 168 valence electrons. The van der Waals surface area contributed by atoms with Gasteiger partial charge in [0.15, 0.2) is 0 Å². The summed E-state index contributed by atoms with van der Waals surface area (Å²) in [5, 5.41) is 4.55. The number of nitrogens with zero attached hydrogens (tertiary/aromatic N) is 3. The van der Waals surface area contributed by atoms with Gasteiger partial charge >= 0.3 is 0 Å². The zero-order chi connectivity index (χ0) is 22.9. The van der Waals surface area contributed by atoms with E-state index < -0.39 is 10.0 Å². The van der Waals surface area contributed by atoms with Gasteiger partial charge in [0, 0.05) is 31.7 Å². The summed E-state index contributed by atoms with van der Waals surface area (Å²) in [4.78, 5) is 15.3. The Hall–Kier alpha value is -2.68. The highest BCUT2D eigenvalue weighted by Crippen LogP contribution is 2.32. The lowest BCUT2D eigenvalue weighted by atomic mass is 10.0. The van der Waals surface area contributed by atoms with Crippen LogP contribution >= 0.6 is 11.6 Å². The van der Waals surface area contributed by atoms with Crippen molar-refractivity contribution in [2.45, 2.75) is 25.2 Å². The lowest BCUT2D eigenvalue weighted by molar-refractivity contribution is 0.0763. The van der Waals surface area contributed by atoms with Gasteiger partial charge in [0.1, 0.15) is 17.0 Å². The van der Waals surface area contributed by atoms with Crippen LogP contribution in [0.5, 0.6) is 0 Å². The van der Waals surface area contributed by atoms with Crippen molar-refractivity contribution in [3.8, 4) is 11.3 Å². The van der Waals surface area contributed by atoms with E-state index in [1.807, 2.05) is 13.0 Å². The SMILES string of the molecule is Cc1ccc(S(=O)(=O)N2CCCN(C(=O)c3c(-c4ccccc4Cl)noc3C)CC2)cc1. The molecule has 3 aromatic rings. The fourth-order valence-electron chi connectivity index (χ4n) is 3.82. The molecule has 0 spiro atoms. The Morgan fingerprint density at radius 3 is 2.44 bits per heavy atom. The van der Waals surface area contributed by atoms with Crippen LogP contribution in [-0.4, -0.2) is 54.9 Å². The highest BCUT2D eigenvalue weighted by Gasteiger charge is 2.31. The van der Waals surface area contributed by atoms with Crippen molar-refractivity contribution >= 4 is 27.5 Å². The Morgan fingerprint density at radius 1 is 1.00 bits per heavy atom. The van der Waals surface area contributed by atoms with Crippen LogP contribution in [0.2, 0.25) is 5.02 Å². The number of halogens is 1. The van der Waals surface area contributed by atoms with E-state index in [0.717, 1.165) is 5.56 Å². The minimum absolute atomic E-state index is 0.216. The molecule has 1 aliphatic rings. The molecule has 9 heteroatoms. The summed E-state index contributed by atoms with van der Waals surface area (Å²) in [6, 6.07) is 13.9. The van der Waals surface area contributed by atoms with Crippen molar-refractivity contribution in [3.63, 3.8) is 0 Å². The van der Waals surface area contributed by atoms with Crippen molar-refractivity contribution in [3.05, 3.63) is 70.4 Å². The van der Waals surface area contributed by atoms with Crippen LogP contribution in [-0.2, 0) is 10.0 Å². The number of rotatable bonds is 4. The minimum Gasteiger partial charge on any atom is -0.360 e. The summed E-state index contributed by atoms with van der Waals surface area (Å²) in [5.41, 5.74) is 2.36. The third kappa shape index (κ3) is 4.30. The van der Waals surface area contributed by atoms with Crippen molar-refractivity contribution < 1.29 is 17.7 Å². The Kier molecular flexibility index (Phi) is 6.37. The predicted molar refractivity (Wildman–Crippen MR) is 122 cm³/mol. The Balaban J connectivity index is 1.56. The lowest BCUT2D eigenvalue weighted by Gasteiger charge is -2.22. The maximum absolute atomic E-state index is 13.4. The van der Waals surface area contributed by atoms with Gasteiger partial charge in [0.2, 0.25) is 10.0 Å². The number of sulfonamides is 1. The van der Waals surface area contributed by atoms with Gasteiger partial charge in [-0.15, -0.1) is 0 Å². The molecular weight excluding hydrogens is 450 g/mol. The third-order valence-electron chi connectivity index (χ3n) is 5.61. The molecule has 1 fully saturated rings. The highest BCUT2D eigenvalue weighted by molar-refractivity contribution is 7.89. The molecule has 1 aromatic heterocycles. The standard InChI is InChI=1S/C23H24ClN3O4S/c1-16-8-10-18(11-9-16)32(29,30)27-13-5-12-26(14-15-27)23(28)21-17(2)31-25-22(21)19-6-3-4-7-20(19)24/h3-4,6-11H,5,12-15H2,1-2H3. The first-order valence-corrected chi connectivity index (χ1v) is 12.2. The maximum Gasteiger partial charge on any atom is 0.259 e. The first kappa shape index (κ1) is 22.5. The van der Waals surface area contributed by atoms with Crippen LogP contribution in [0, 0.1) is 13.8 Å². The number of carbonyl (C=O) groups excluding carboxylic acids is 1. The largest absolute Gasteiger partial charge is 0.360 e. The second-order valence-corrected chi connectivity index (χ2v) is 10.2. The Morgan fingerprint density at radius 2 is 1.72 bits per heavy atom. The summed E-state index contributed by atoms with van der Waals surface area (Å²) in [5.74, 6) is 0.159. The number of hydrogen-bond acceptors (Lipinski definition) is 5. The Bertz CT molecular complexity index is 1240. The van der Waals surface area contributed by atoms with E-state index in [1.54, 1.807) is 54.3 Å². The summed E-state index contributed by atoms with van der Waals surface area (Å²) in [6.07, 6.45) is 0.530. The summed E-state index contributed by atoms with van der Waals surface area (Å²) >= 11 is 6.31. The molecule has 4 rings (SSSR count). The topological polar surface area (TPSA) is 83.7 Å². The lowest BCUT2D eigenvalue weighted by Crippen LogP contribution is -2.37. The third-order valence-corrected chi connectivity index (χ3v) is 7.85. The van der Waals surface area contributed by atoms with Crippen LogP contribution in [0.15, 0.2) is 57.9 Å². The quantitative estimate of drug-likeness (QED) is 0.568. The van der Waals surface area contributed by atoms with Gasteiger partial charge in [-0.05, 0) is 38.5 Å². The van der Waals surface area contributed by atoms with Crippen LogP contribution in [0.4, 0.5) is 0 Å². The van der Waals surface area contributed by atoms with E-state index in [4.69, 9.17) is 16.1 Å². The second-order valence-electron chi connectivity index (χ2n) is 7.81. The fraction of sp³-hybridized carbons (Fsp3) is 0.304. The number of amides is 1. The number of hydrogen-bond donors (Lipinski definition) is 0. The molecule has 1 aliphatic heterocycles. The molecular formula is C23H24ClN3O4S. The second kappa shape index (κ2) is 9.05. The Labute approximate surface area is 192 Å². The van der Waals surface area contributed by atoms with Crippen LogP contribution in [0.1, 0.15) is 28.1 Å². The fourth-order valence-corrected chi connectivity index (χ4v) is 5.51. The van der Waals surface area contributed by atoms with Crippen LogP contribution in [0.25, 0.3) is 11.3 Å². The first-order chi connectivity index (χ1) is 15.3. The average molecular weight is 474 g/mol. The van der Waals surface area contributed by atoms with E-state index in [0.29, 0.717) is 47.1 Å². The molecule has 0 saturated carbocycles. The van der Waals surface area contributed by atoms with E-state index in [2.05, 4.69) is 5.16 Å². The van der Waals surface area contributed by atoms with Gasteiger partial charge in [-0.1, -0.05) is 52.7 Å². The zero-order valence-corrected chi connectivity index (χ0v) is 19.5. The van der Waals surface area contributed by atoms with Crippen LogP contribution in [0.3, 0.4) is 0 Å². The molecule has 0 N–H and O–H groups in total. The molecule has 0 unspecified atom stereocenters. The van der Waals surface area contributed by atoms with Crippen molar-refractivity contribution in [2.75, 3.05) is 26.2 Å². The van der Waals surface area contributed by atoms with E-state index >= 15 is 0 Å². The normalized spacial score (nSPS) is 15.5. The molecule has 32 heavy (non-hydrogen) atoms. The minimum atomic E-state index is -3.62. The van der Waals surface area contributed by atoms with Crippen molar-refractivity contribution in [2.24, 2.45) is 0 Å². The summed E-state index contributed by atoms with van der Waals surface area (Å²) in [7, 11) is -3.62. The number of aryl methyl sites for hydroxylation is 2. The molecule has 1 amide bonds. The molecule has 7 nitrogen and oxygen atoms in total. The number of aromatic nitrogens is 1. The van der Waals surface area contributed by atoms with E-state index in [1.165, 1.54) is 4.31 Å². The van der Waals surface area contributed by atoms with Gasteiger partial charge in [0.05, 0.1) is 9.92 Å². The smallest absolute Gasteiger partial charge is 0.259 e. The molecule has 0 atom stereocenters. The van der Waals surface area contributed by atoms with Crippen molar-refractivity contribution in [1.82, 2.24) is 14.4 Å².